The molecule has 0 radical (unpaired) electrons. The van der Waals surface area contributed by atoms with E-state index < -0.39 is 0 Å². The van der Waals surface area contributed by atoms with Crippen LogP contribution < -0.4 is 0 Å². The zero-order valence-electron chi connectivity index (χ0n) is 14.9. The molecule has 1 heterocycles. The van der Waals surface area contributed by atoms with E-state index in [-0.39, 0.29) is 17.2 Å². The van der Waals surface area contributed by atoms with Crippen molar-refractivity contribution < 1.29 is 4.39 Å². The molecule has 4 atom stereocenters. The van der Waals surface area contributed by atoms with E-state index in [4.69, 9.17) is 4.99 Å². The van der Waals surface area contributed by atoms with Crippen LogP contribution in [0.1, 0.15) is 53.0 Å². The predicted molar refractivity (Wildman–Crippen MR) is 100.0 cm³/mol. The number of rotatable bonds is 2. The van der Waals surface area contributed by atoms with Gasteiger partial charge in [-0.1, -0.05) is 42.8 Å². The fourth-order valence-electron chi connectivity index (χ4n) is 5.03. The van der Waals surface area contributed by atoms with Gasteiger partial charge in [0.2, 0.25) is 0 Å². The van der Waals surface area contributed by atoms with Crippen LogP contribution in [0.15, 0.2) is 53.5 Å². The zero-order valence-corrected chi connectivity index (χ0v) is 14.9. The van der Waals surface area contributed by atoms with Crippen molar-refractivity contribution in [1.29, 1.82) is 0 Å². The van der Waals surface area contributed by atoms with Gasteiger partial charge in [-0.25, -0.2) is 4.39 Å². The van der Waals surface area contributed by atoms with Crippen LogP contribution in [0.3, 0.4) is 0 Å². The molecule has 0 N–H and O–H groups in total. The molecule has 2 aromatic rings. The monoisotopic (exact) mass is 331 g/mol. The van der Waals surface area contributed by atoms with Gasteiger partial charge in [-0.05, 0) is 55.2 Å². The van der Waals surface area contributed by atoms with Crippen molar-refractivity contribution in [3.8, 4) is 0 Å². The highest BCUT2D eigenvalue weighted by Crippen LogP contribution is 2.80. The topological polar surface area (TPSA) is 12.4 Å². The van der Waals surface area contributed by atoms with Crippen LogP contribution in [0.4, 0.5) is 4.39 Å². The number of nitrogens with zero attached hydrogens (tertiary/aromatic N) is 1. The van der Waals surface area contributed by atoms with Gasteiger partial charge in [-0.15, -0.1) is 0 Å². The Bertz CT molecular complexity index is 953. The summed E-state index contributed by atoms with van der Waals surface area (Å²) in [5.41, 5.74) is 9.25. The highest BCUT2D eigenvalue weighted by Gasteiger charge is 2.75. The van der Waals surface area contributed by atoms with Crippen LogP contribution in [0, 0.1) is 25.1 Å². The molecule has 2 saturated carbocycles. The molecule has 1 spiro atoms. The molecule has 5 rings (SSSR count). The van der Waals surface area contributed by atoms with Crippen molar-refractivity contribution in [1.82, 2.24) is 0 Å². The van der Waals surface area contributed by atoms with Gasteiger partial charge in [0, 0.05) is 28.5 Å². The molecule has 4 unspecified atom stereocenters. The lowest BCUT2D eigenvalue weighted by atomic mass is 9.85. The first-order chi connectivity index (χ1) is 11.9. The Hall–Kier alpha value is -2.22. The van der Waals surface area contributed by atoms with Crippen molar-refractivity contribution in [3.05, 3.63) is 82.2 Å². The van der Waals surface area contributed by atoms with E-state index in [0.717, 1.165) is 17.7 Å². The van der Waals surface area contributed by atoms with Crippen molar-refractivity contribution in [2.24, 2.45) is 10.4 Å². The second-order valence-electron chi connectivity index (χ2n) is 8.05. The van der Waals surface area contributed by atoms with Gasteiger partial charge in [0.1, 0.15) is 5.82 Å². The van der Waals surface area contributed by atoms with Gasteiger partial charge in [-0.2, -0.15) is 0 Å². The normalized spacial score (nSPS) is 29.8. The second kappa shape index (κ2) is 4.69. The molecule has 0 aromatic heterocycles. The minimum atomic E-state index is -0.190. The van der Waals surface area contributed by atoms with Crippen molar-refractivity contribution in [2.75, 3.05) is 0 Å². The summed E-state index contributed by atoms with van der Waals surface area (Å²) in [6.45, 7) is 10.9. The van der Waals surface area contributed by atoms with Crippen LogP contribution in [0.5, 0.6) is 0 Å². The maximum absolute atomic E-state index is 13.3. The Morgan fingerprint density at radius 1 is 1.20 bits per heavy atom. The van der Waals surface area contributed by atoms with Crippen molar-refractivity contribution >= 4 is 5.71 Å². The molecule has 2 aliphatic carbocycles. The Kier molecular flexibility index (Phi) is 2.83. The molecule has 2 heteroatoms. The summed E-state index contributed by atoms with van der Waals surface area (Å²) in [5.74, 6) is 0.447. The summed E-state index contributed by atoms with van der Waals surface area (Å²) in [5, 5.41) is 0. The largest absolute Gasteiger partial charge is 0.284 e. The average Bonchev–Trinajstić information content (AvgIpc) is 3.42. The number of halogens is 1. The van der Waals surface area contributed by atoms with Gasteiger partial charge in [0.15, 0.2) is 0 Å². The Labute approximate surface area is 148 Å². The fraction of sp³-hybridized carbons (Fsp3) is 0.348. The van der Waals surface area contributed by atoms with Crippen LogP contribution in [-0.2, 0) is 0 Å². The predicted octanol–water partition coefficient (Wildman–Crippen LogP) is 5.46. The summed E-state index contributed by atoms with van der Waals surface area (Å²) in [6, 6.07) is 11.8. The molecule has 1 aliphatic heterocycles. The lowest BCUT2D eigenvalue weighted by Crippen LogP contribution is -2.15. The quantitative estimate of drug-likeness (QED) is 0.648. The molecule has 25 heavy (non-hydrogen) atoms. The maximum Gasteiger partial charge on any atom is 0.123 e. The third kappa shape index (κ3) is 1.91. The first-order valence-electron chi connectivity index (χ1n) is 9.07. The molecular weight excluding hydrogens is 309 g/mol. The molecule has 2 fully saturated rings. The van der Waals surface area contributed by atoms with E-state index in [9.17, 15) is 4.39 Å². The van der Waals surface area contributed by atoms with E-state index in [1.54, 1.807) is 12.1 Å². The second-order valence-corrected chi connectivity index (χ2v) is 8.05. The molecule has 3 aliphatic rings. The Balaban J connectivity index is 1.69. The summed E-state index contributed by atoms with van der Waals surface area (Å²) in [6.07, 6.45) is 1.14. The average molecular weight is 331 g/mol. The molecule has 126 valence electrons. The van der Waals surface area contributed by atoms with E-state index >= 15 is 0 Å². The van der Waals surface area contributed by atoms with E-state index in [1.165, 1.54) is 27.8 Å². The van der Waals surface area contributed by atoms with E-state index in [2.05, 4.69) is 39.5 Å². The number of fused-ring (bicyclic) bond motifs is 2. The van der Waals surface area contributed by atoms with Gasteiger partial charge in [0.05, 0.1) is 6.04 Å². The van der Waals surface area contributed by atoms with Gasteiger partial charge >= 0.3 is 0 Å². The van der Waals surface area contributed by atoms with Crippen LogP contribution in [0.2, 0.25) is 0 Å². The lowest BCUT2D eigenvalue weighted by Gasteiger charge is -2.20. The Morgan fingerprint density at radius 2 is 1.92 bits per heavy atom. The highest BCUT2D eigenvalue weighted by molar-refractivity contribution is 6.08. The molecule has 1 nitrogen and oxygen atoms in total. The summed E-state index contributed by atoms with van der Waals surface area (Å²) in [7, 11) is 0. The third-order valence-corrected chi connectivity index (χ3v) is 6.51. The number of hydrogen-bond donors (Lipinski definition) is 0. The van der Waals surface area contributed by atoms with Crippen molar-refractivity contribution in [3.63, 3.8) is 0 Å². The standard InChI is InChI=1S/C23H22FN/c1-12-9-13(2)20-18(10-12)22(14(3)16-5-7-17(24)8-6-16)25-19-11-23(19)15(4)21(20)23/h5-10,14,19,21H,4,11H2,1-3H3. The number of hydrogen-bond acceptors (Lipinski definition) is 1. The van der Waals surface area contributed by atoms with Gasteiger partial charge in [0.25, 0.3) is 0 Å². The fourth-order valence-corrected chi connectivity index (χ4v) is 5.03. The SMILES string of the molecule is C=C1C2c3c(C)cc(C)cc3C(C(C)c3ccc(F)cc3)=NC3CC132. The molecule has 0 amide bonds. The maximum atomic E-state index is 13.3. The summed E-state index contributed by atoms with van der Waals surface area (Å²) >= 11 is 0. The van der Waals surface area contributed by atoms with Crippen molar-refractivity contribution in [2.45, 2.75) is 45.1 Å². The Morgan fingerprint density at radius 3 is 2.64 bits per heavy atom. The molecule has 0 saturated heterocycles. The van der Waals surface area contributed by atoms with Crippen LogP contribution in [0.25, 0.3) is 0 Å². The third-order valence-electron chi connectivity index (χ3n) is 6.51. The molecular formula is C23H22FN. The minimum Gasteiger partial charge on any atom is -0.284 e. The first-order valence-corrected chi connectivity index (χ1v) is 9.07. The lowest BCUT2D eigenvalue weighted by molar-refractivity contribution is 0.627. The van der Waals surface area contributed by atoms with E-state index in [0.29, 0.717) is 12.0 Å². The number of aliphatic imine (C=N–C) groups is 1. The van der Waals surface area contributed by atoms with Gasteiger partial charge in [-0.3, -0.25) is 4.99 Å². The minimum absolute atomic E-state index is 0.156. The smallest absolute Gasteiger partial charge is 0.123 e. The first kappa shape index (κ1) is 15.1. The summed E-state index contributed by atoms with van der Waals surface area (Å²) in [4.78, 5) is 5.20. The summed E-state index contributed by atoms with van der Waals surface area (Å²) < 4.78 is 13.3. The molecule has 0 bridgehead atoms. The van der Waals surface area contributed by atoms with Crippen LogP contribution >= 0.6 is 0 Å². The number of aryl methyl sites for hydroxylation is 2. The molecule has 2 aromatic carbocycles. The van der Waals surface area contributed by atoms with E-state index in [1.807, 2.05) is 12.1 Å². The highest BCUT2D eigenvalue weighted by atomic mass is 19.1. The zero-order chi connectivity index (χ0) is 17.5. The van der Waals surface area contributed by atoms with Crippen LogP contribution in [-0.4, -0.2) is 11.8 Å². The number of benzene rings is 2. The van der Waals surface area contributed by atoms with Gasteiger partial charge < -0.3 is 0 Å².